The first-order valence-electron chi connectivity index (χ1n) is 7.16. The lowest BCUT2D eigenvalue weighted by molar-refractivity contribution is -0.137. The van der Waals surface area contributed by atoms with Crippen molar-refractivity contribution in [2.24, 2.45) is 0 Å². The fraction of sp³-hybridized carbons (Fsp3) is 0.333. The summed E-state index contributed by atoms with van der Waals surface area (Å²) in [5.41, 5.74) is 7.01. The molecule has 24 heavy (non-hydrogen) atoms. The highest BCUT2D eigenvalue weighted by Crippen LogP contribution is 2.32. The van der Waals surface area contributed by atoms with E-state index in [1.807, 2.05) is 11.9 Å². The van der Waals surface area contributed by atoms with Gasteiger partial charge in [0, 0.05) is 30.9 Å². The molecule has 0 radical (unpaired) electrons. The largest absolute Gasteiger partial charge is 0.416 e. The highest BCUT2D eigenvalue weighted by molar-refractivity contribution is 6.28. The number of alkyl halides is 3. The number of nitrogens with two attached hydrogens (primary N) is 1. The van der Waals surface area contributed by atoms with Gasteiger partial charge in [0.05, 0.1) is 11.3 Å². The second-order valence-electron chi connectivity index (χ2n) is 5.75. The zero-order valence-electron chi connectivity index (χ0n) is 12.8. The normalized spacial score (nSPS) is 14.7. The smallest absolute Gasteiger partial charge is 0.399 e. The van der Waals surface area contributed by atoms with Crippen LogP contribution in [-0.2, 0) is 25.8 Å². The van der Waals surface area contributed by atoms with E-state index < -0.39 is 11.7 Å². The molecule has 3 rings (SSSR count). The maximum absolute atomic E-state index is 12.9. The summed E-state index contributed by atoms with van der Waals surface area (Å²) in [6.07, 6.45) is -4.44. The molecule has 1 aromatic carbocycles. The maximum atomic E-state index is 12.9. The number of aromatic nitrogens is 2. The standard InChI is InChI=1S/C15H15ClF3N5/c1-24-6-11-12(7-24)22-14(16)23-13(11)21-5-8-2-9(15(17,18)19)4-10(20)3-8/h2-4H,5-7,20H2,1H3,(H,21,22,23). The van der Waals surface area contributed by atoms with Crippen LogP contribution in [0.25, 0.3) is 0 Å². The Kier molecular flexibility index (Phi) is 4.27. The average Bonchev–Trinajstić information content (AvgIpc) is 2.83. The molecule has 1 aliphatic heterocycles. The molecule has 3 N–H and O–H groups in total. The number of nitrogen functional groups attached to an aromatic ring is 1. The van der Waals surface area contributed by atoms with Crippen molar-refractivity contribution >= 4 is 23.1 Å². The summed E-state index contributed by atoms with van der Waals surface area (Å²) < 4.78 is 38.6. The zero-order valence-corrected chi connectivity index (χ0v) is 13.5. The molecule has 9 heteroatoms. The Balaban J connectivity index is 1.84. The SMILES string of the molecule is CN1Cc2nc(Cl)nc(NCc3cc(N)cc(C(F)(F)F)c3)c2C1. The number of nitrogens with one attached hydrogen (secondary N) is 1. The van der Waals surface area contributed by atoms with Gasteiger partial charge in [0.2, 0.25) is 5.28 Å². The number of anilines is 2. The van der Waals surface area contributed by atoms with Gasteiger partial charge in [-0.3, -0.25) is 4.90 Å². The Labute approximate surface area is 141 Å². The predicted octanol–water partition coefficient (Wildman–Crippen LogP) is 3.29. The number of fused-ring (bicyclic) bond motifs is 1. The molecule has 2 aromatic rings. The molecule has 0 atom stereocenters. The third kappa shape index (κ3) is 3.54. The molecular formula is C15H15ClF3N5. The van der Waals surface area contributed by atoms with E-state index in [0.717, 1.165) is 23.4 Å². The van der Waals surface area contributed by atoms with Crippen LogP contribution >= 0.6 is 11.6 Å². The van der Waals surface area contributed by atoms with E-state index in [-0.39, 0.29) is 17.5 Å². The number of rotatable bonds is 3. The first kappa shape index (κ1) is 16.8. The van der Waals surface area contributed by atoms with Crippen molar-refractivity contribution < 1.29 is 13.2 Å². The van der Waals surface area contributed by atoms with E-state index >= 15 is 0 Å². The van der Waals surface area contributed by atoms with E-state index in [4.69, 9.17) is 17.3 Å². The van der Waals surface area contributed by atoms with Crippen molar-refractivity contribution in [3.8, 4) is 0 Å². The van der Waals surface area contributed by atoms with Gasteiger partial charge in [0.25, 0.3) is 0 Å². The third-order valence-corrected chi connectivity index (χ3v) is 3.88. The second kappa shape index (κ2) is 6.10. The van der Waals surface area contributed by atoms with Crippen LogP contribution in [0.2, 0.25) is 5.28 Å². The fourth-order valence-electron chi connectivity index (χ4n) is 2.69. The Bertz CT molecular complexity index is 778. The molecule has 1 aromatic heterocycles. The molecule has 2 heterocycles. The fourth-order valence-corrected chi connectivity index (χ4v) is 2.88. The Morgan fingerprint density at radius 1 is 1.25 bits per heavy atom. The summed E-state index contributed by atoms with van der Waals surface area (Å²) in [5, 5.41) is 3.15. The third-order valence-electron chi connectivity index (χ3n) is 3.72. The Morgan fingerprint density at radius 2 is 2.00 bits per heavy atom. The minimum Gasteiger partial charge on any atom is -0.399 e. The molecule has 0 saturated carbocycles. The van der Waals surface area contributed by atoms with Gasteiger partial charge in [-0.15, -0.1) is 0 Å². The summed E-state index contributed by atoms with van der Waals surface area (Å²) in [7, 11) is 1.94. The summed E-state index contributed by atoms with van der Waals surface area (Å²) >= 11 is 5.92. The molecule has 0 aliphatic carbocycles. The molecule has 128 valence electrons. The Hall–Kier alpha value is -2.06. The van der Waals surface area contributed by atoms with Crippen LogP contribution in [0.15, 0.2) is 18.2 Å². The van der Waals surface area contributed by atoms with Gasteiger partial charge in [0.15, 0.2) is 0 Å². The van der Waals surface area contributed by atoms with Crippen LogP contribution in [0.5, 0.6) is 0 Å². The Morgan fingerprint density at radius 3 is 2.71 bits per heavy atom. The lowest BCUT2D eigenvalue weighted by Gasteiger charge is -2.13. The van der Waals surface area contributed by atoms with Gasteiger partial charge in [-0.05, 0) is 42.4 Å². The molecule has 0 fully saturated rings. The number of hydrogen-bond acceptors (Lipinski definition) is 5. The van der Waals surface area contributed by atoms with E-state index in [1.165, 1.54) is 6.07 Å². The molecule has 5 nitrogen and oxygen atoms in total. The lowest BCUT2D eigenvalue weighted by Crippen LogP contribution is -2.10. The van der Waals surface area contributed by atoms with E-state index in [1.54, 1.807) is 0 Å². The van der Waals surface area contributed by atoms with Gasteiger partial charge < -0.3 is 11.1 Å². The maximum Gasteiger partial charge on any atom is 0.416 e. The van der Waals surface area contributed by atoms with Crippen molar-refractivity contribution in [1.82, 2.24) is 14.9 Å². The van der Waals surface area contributed by atoms with Gasteiger partial charge >= 0.3 is 6.18 Å². The van der Waals surface area contributed by atoms with Crippen molar-refractivity contribution in [1.29, 1.82) is 0 Å². The van der Waals surface area contributed by atoms with Crippen molar-refractivity contribution in [2.75, 3.05) is 18.1 Å². The summed E-state index contributed by atoms with van der Waals surface area (Å²) in [5.74, 6) is 0.533. The predicted molar refractivity (Wildman–Crippen MR) is 85.4 cm³/mol. The van der Waals surface area contributed by atoms with E-state index in [9.17, 15) is 13.2 Å². The molecule has 0 spiro atoms. The number of nitrogens with zero attached hydrogens (tertiary/aromatic N) is 3. The van der Waals surface area contributed by atoms with Gasteiger partial charge in [-0.1, -0.05) is 0 Å². The number of halogens is 4. The van der Waals surface area contributed by atoms with Crippen molar-refractivity contribution in [3.05, 3.63) is 45.9 Å². The highest BCUT2D eigenvalue weighted by atomic mass is 35.5. The molecule has 1 aliphatic rings. The van der Waals surface area contributed by atoms with Crippen molar-refractivity contribution in [3.63, 3.8) is 0 Å². The molecular weight excluding hydrogens is 343 g/mol. The minimum atomic E-state index is -4.44. The summed E-state index contributed by atoms with van der Waals surface area (Å²) in [6, 6.07) is 3.48. The van der Waals surface area contributed by atoms with Gasteiger partial charge in [0.1, 0.15) is 5.82 Å². The first-order chi connectivity index (χ1) is 11.2. The van der Waals surface area contributed by atoms with Crippen LogP contribution in [0, 0.1) is 0 Å². The lowest BCUT2D eigenvalue weighted by atomic mass is 10.1. The van der Waals surface area contributed by atoms with Crippen molar-refractivity contribution in [2.45, 2.75) is 25.8 Å². The molecule has 0 amide bonds. The van der Waals surface area contributed by atoms with Crippen LogP contribution in [0.1, 0.15) is 22.4 Å². The monoisotopic (exact) mass is 357 g/mol. The van der Waals surface area contributed by atoms with Gasteiger partial charge in [-0.25, -0.2) is 9.97 Å². The van der Waals surface area contributed by atoms with Crippen LogP contribution in [0.3, 0.4) is 0 Å². The summed E-state index contributed by atoms with van der Waals surface area (Å²) in [4.78, 5) is 10.4. The first-order valence-corrected chi connectivity index (χ1v) is 7.54. The average molecular weight is 358 g/mol. The summed E-state index contributed by atoms with van der Waals surface area (Å²) in [6.45, 7) is 1.46. The quantitative estimate of drug-likeness (QED) is 0.651. The molecule has 0 saturated heterocycles. The minimum absolute atomic E-state index is 0.0623. The second-order valence-corrected chi connectivity index (χ2v) is 6.09. The molecule has 0 unspecified atom stereocenters. The van der Waals surface area contributed by atoms with E-state index in [0.29, 0.717) is 24.5 Å². The van der Waals surface area contributed by atoms with Crippen LogP contribution < -0.4 is 11.1 Å². The number of hydrogen-bond donors (Lipinski definition) is 2. The molecule has 0 bridgehead atoms. The topological polar surface area (TPSA) is 67.1 Å². The van der Waals surface area contributed by atoms with Crippen LogP contribution in [0.4, 0.5) is 24.7 Å². The highest BCUT2D eigenvalue weighted by Gasteiger charge is 2.31. The van der Waals surface area contributed by atoms with Crippen LogP contribution in [-0.4, -0.2) is 21.9 Å². The zero-order chi connectivity index (χ0) is 17.5. The number of benzene rings is 1. The van der Waals surface area contributed by atoms with E-state index in [2.05, 4.69) is 15.3 Å². The van der Waals surface area contributed by atoms with Gasteiger partial charge in [-0.2, -0.15) is 13.2 Å².